The van der Waals surface area contributed by atoms with Crippen molar-refractivity contribution in [1.82, 2.24) is 4.72 Å². The third-order valence-corrected chi connectivity index (χ3v) is 6.82. The van der Waals surface area contributed by atoms with Gasteiger partial charge in [0.15, 0.2) is 0 Å². The van der Waals surface area contributed by atoms with Crippen LogP contribution in [0.3, 0.4) is 0 Å². The second-order valence-corrected chi connectivity index (χ2v) is 8.92. The Hall–Kier alpha value is -1.55. The van der Waals surface area contributed by atoms with Crippen molar-refractivity contribution >= 4 is 61.6 Å². The van der Waals surface area contributed by atoms with E-state index in [1.54, 1.807) is 17.5 Å². The average Bonchev–Trinajstić information content (AvgIpc) is 2.98. The predicted molar refractivity (Wildman–Crippen MR) is 103 cm³/mol. The van der Waals surface area contributed by atoms with Gasteiger partial charge in [-0.25, -0.2) is 8.42 Å². The maximum absolute atomic E-state index is 12.3. The molecule has 126 valence electrons. The topological polar surface area (TPSA) is 67.4 Å². The first-order chi connectivity index (χ1) is 11.3. The van der Waals surface area contributed by atoms with E-state index < -0.39 is 10.0 Å². The maximum Gasteiger partial charge on any atom is 0.272 e. The van der Waals surface area contributed by atoms with E-state index in [9.17, 15) is 8.42 Å². The van der Waals surface area contributed by atoms with Gasteiger partial charge in [-0.05, 0) is 54.4 Å². The molecule has 0 saturated carbocycles. The van der Waals surface area contributed by atoms with Crippen molar-refractivity contribution in [1.29, 1.82) is 0 Å². The normalized spacial score (nSPS) is 17.2. The molecule has 0 radical (unpaired) electrons. The first-order valence-electron chi connectivity index (χ1n) is 7.06. The third-order valence-electron chi connectivity index (χ3n) is 3.41. The second-order valence-electron chi connectivity index (χ2n) is 5.28. The van der Waals surface area contributed by atoms with E-state index in [4.69, 9.17) is 29.2 Å². The van der Waals surface area contributed by atoms with E-state index in [0.29, 0.717) is 17.2 Å². The highest BCUT2D eigenvalue weighted by Crippen LogP contribution is 2.24. The summed E-state index contributed by atoms with van der Waals surface area (Å²) in [6, 6.07) is 8.65. The van der Waals surface area contributed by atoms with E-state index in [2.05, 4.69) is 10.0 Å². The van der Waals surface area contributed by atoms with Gasteiger partial charge in [0.25, 0.3) is 15.2 Å². The number of nitrogens with one attached hydrogen (secondary N) is 2. The van der Waals surface area contributed by atoms with Gasteiger partial charge >= 0.3 is 0 Å². The quantitative estimate of drug-likeness (QED) is 0.775. The molecule has 0 aliphatic carbocycles. The van der Waals surface area contributed by atoms with Crippen LogP contribution in [0.15, 0.2) is 39.9 Å². The smallest absolute Gasteiger partial charge is 0.272 e. The minimum absolute atomic E-state index is 0.0714. The summed E-state index contributed by atoms with van der Waals surface area (Å²) in [5.41, 5.74) is 2.44. The summed E-state index contributed by atoms with van der Waals surface area (Å²) < 4.78 is 32.7. The van der Waals surface area contributed by atoms with Gasteiger partial charge in [0, 0.05) is 17.7 Å². The Morgan fingerprint density at radius 3 is 2.92 bits per heavy atom. The minimum atomic E-state index is -3.65. The molecule has 1 aromatic heterocycles. The Morgan fingerprint density at radius 2 is 2.21 bits per heavy atom. The molecule has 0 spiro atoms. The Kier molecular flexibility index (Phi) is 4.86. The highest BCUT2D eigenvalue weighted by atomic mass is 32.2. The first kappa shape index (κ1) is 17.3. The van der Waals surface area contributed by atoms with Crippen molar-refractivity contribution in [3.63, 3.8) is 0 Å². The SMILES string of the molecule is CC1Cc2cc(C(=S)NS(=O)(=O)c3cccs3)ccc2NC(=S)O1. The number of hydrogen-bond donors (Lipinski definition) is 2. The molecule has 0 amide bonds. The molecule has 0 saturated heterocycles. The van der Waals surface area contributed by atoms with E-state index in [1.165, 1.54) is 6.07 Å². The van der Waals surface area contributed by atoms with Gasteiger partial charge in [-0.15, -0.1) is 11.3 Å². The molecule has 0 bridgehead atoms. The zero-order chi connectivity index (χ0) is 17.3. The maximum atomic E-state index is 12.3. The number of fused-ring (bicyclic) bond motifs is 1. The lowest BCUT2D eigenvalue weighted by Gasteiger charge is -2.12. The summed E-state index contributed by atoms with van der Waals surface area (Å²) in [5, 5.41) is 5.05. The van der Waals surface area contributed by atoms with Gasteiger partial charge in [0.05, 0.1) is 0 Å². The summed E-state index contributed by atoms with van der Waals surface area (Å²) in [6.45, 7) is 1.92. The fraction of sp³-hybridized carbons (Fsp3) is 0.200. The van der Waals surface area contributed by atoms with E-state index in [-0.39, 0.29) is 15.3 Å². The molecule has 1 unspecified atom stereocenters. The van der Waals surface area contributed by atoms with Crippen molar-refractivity contribution in [2.45, 2.75) is 23.7 Å². The zero-order valence-corrected chi connectivity index (χ0v) is 15.9. The molecule has 24 heavy (non-hydrogen) atoms. The molecule has 5 nitrogen and oxygen atoms in total. The molecule has 2 N–H and O–H groups in total. The van der Waals surface area contributed by atoms with Gasteiger partial charge in [0.2, 0.25) is 0 Å². The van der Waals surface area contributed by atoms with Gasteiger partial charge in [0.1, 0.15) is 15.3 Å². The van der Waals surface area contributed by atoms with Gasteiger partial charge in [-0.3, -0.25) is 4.72 Å². The Balaban J connectivity index is 1.85. The Bertz CT molecular complexity index is 891. The summed E-state index contributed by atoms with van der Waals surface area (Å²) in [6.07, 6.45) is 0.578. The predicted octanol–water partition coefficient (Wildman–Crippen LogP) is 3.06. The van der Waals surface area contributed by atoms with Crippen LogP contribution in [0, 0.1) is 0 Å². The zero-order valence-electron chi connectivity index (χ0n) is 12.6. The second kappa shape index (κ2) is 6.75. The summed E-state index contributed by atoms with van der Waals surface area (Å²) in [5.74, 6) is 0. The number of sulfonamides is 1. The molecule has 2 aromatic rings. The van der Waals surface area contributed by atoms with Crippen LogP contribution < -0.4 is 10.0 Å². The fourth-order valence-electron chi connectivity index (χ4n) is 2.35. The molecule has 3 rings (SSSR count). The molecular weight excluding hydrogens is 384 g/mol. The molecule has 9 heteroatoms. The number of thiocarbonyl (C=S) groups is 2. The van der Waals surface area contributed by atoms with Crippen LogP contribution in [0.25, 0.3) is 0 Å². The largest absolute Gasteiger partial charge is 0.467 e. The number of benzene rings is 1. The molecular formula is C15H14N2O3S4. The Labute approximate surface area is 155 Å². The van der Waals surface area contributed by atoms with Crippen molar-refractivity contribution in [2.24, 2.45) is 0 Å². The minimum Gasteiger partial charge on any atom is -0.467 e. The average molecular weight is 399 g/mol. The molecule has 1 aromatic carbocycles. The van der Waals surface area contributed by atoms with Gasteiger partial charge in [-0.2, -0.15) is 0 Å². The summed E-state index contributed by atoms with van der Waals surface area (Å²) in [4.78, 5) is 0.159. The van der Waals surface area contributed by atoms with Crippen LogP contribution >= 0.6 is 35.8 Å². The highest BCUT2D eigenvalue weighted by molar-refractivity contribution is 7.93. The van der Waals surface area contributed by atoms with E-state index in [0.717, 1.165) is 22.6 Å². The van der Waals surface area contributed by atoms with Crippen LogP contribution in [0.1, 0.15) is 18.1 Å². The number of thiophene rings is 1. The number of ether oxygens (including phenoxy) is 1. The van der Waals surface area contributed by atoms with E-state index in [1.807, 2.05) is 19.1 Å². The lowest BCUT2D eigenvalue weighted by atomic mass is 10.0. The van der Waals surface area contributed by atoms with Crippen molar-refractivity contribution in [3.05, 3.63) is 46.8 Å². The number of anilines is 1. The molecule has 1 aliphatic heterocycles. The first-order valence-corrected chi connectivity index (χ1v) is 10.2. The van der Waals surface area contributed by atoms with Crippen LogP contribution in [-0.4, -0.2) is 24.7 Å². The molecule has 2 heterocycles. The van der Waals surface area contributed by atoms with Crippen molar-refractivity contribution in [3.8, 4) is 0 Å². The van der Waals surface area contributed by atoms with Gasteiger partial charge < -0.3 is 10.1 Å². The van der Waals surface area contributed by atoms with Gasteiger partial charge in [-0.1, -0.05) is 18.3 Å². The highest BCUT2D eigenvalue weighted by Gasteiger charge is 2.20. The van der Waals surface area contributed by atoms with E-state index >= 15 is 0 Å². The van der Waals surface area contributed by atoms with Crippen LogP contribution in [0.2, 0.25) is 0 Å². The van der Waals surface area contributed by atoms with Crippen molar-refractivity contribution < 1.29 is 13.2 Å². The molecule has 0 fully saturated rings. The Morgan fingerprint density at radius 1 is 1.42 bits per heavy atom. The van der Waals surface area contributed by atoms with Crippen molar-refractivity contribution in [2.75, 3.05) is 5.32 Å². The monoisotopic (exact) mass is 398 g/mol. The molecule has 1 atom stereocenters. The molecule has 1 aliphatic rings. The van der Waals surface area contributed by atoms with Crippen LogP contribution in [0.4, 0.5) is 5.69 Å². The lowest BCUT2D eigenvalue weighted by molar-refractivity contribution is 0.217. The number of rotatable bonds is 3. The lowest BCUT2D eigenvalue weighted by Crippen LogP contribution is -2.29. The standard InChI is InChI=1S/C15H14N2O3S4/c1-9-7-11-8-10(4-5-12(11)16-15(22)20-9)14(21)17-24(18,19)13-3-2-6-23-13/h2-6,8-9H,7H2,1H3,(H,16,22)(H,17,21). The summed E-state index contributed by atoms with van der Waals surface area (Å²) in [7, 11) is -3.65. The number of hydrogen-bond acceptors (Lipinski definition) is 6. The van der Waals surface area contributed by atoms with Crippen LogP contribution in [0.5, 0.6) is 0 Å². The van der Waals surface area contributed by atoms with Crippen LogP contribution in [-0.2, 0) is 21.2 Å². The third kappa shape index (κ3) is 3.75. The fourth-order valence-corrected chi connectivity index (χ4v) is 5.04. The summed E-state index contributed by atoms with van der Waals surface area (Å²) >= 11 is 11.5.